The van der Waals surface area contributed by atoms with E-state index in [9.17, 15) is 0 Å². The van der Waals surface area contributed by atoms with Crippen molar-refractivity contribution in [3.63, 3.8) is 0 Å². The van der Waals surface area contributed by atoms with Gasteiger partial charge in [0, 0.05) is 27.2 Å². The zero-order valence-electron chi connectivity index (χ0n) is 33.7. The third-order valence-electron chi connectivity index (χ3n) is 13.0. The molecule has 13 rings (SSSR count). The zero-order valence-corrected chi connectivity index (χ0v) is 33.7. The summed E-state index contributed by atoms with van der Waals surface area (Å²) in [5, 5.41) is 12.1. The summed E-state index contributed by atoms with van der Waals surface area (Å²) >= 11 is 0. The number of para-hydroxylation sites is 2. The fourth-order valence-corrected chi connectivity index (χ4v) is 10.3. The monoisotopic (exact) mass is 787 g/mol. The summed E-state index contributed by atoms with van der Waals surface area (Å²) < 4.78 is 8.98. The van der Waals surface area contributed by atoms with Gasteiger partial charge in [0.2, 0.25) is 0 Å². The molecule has 0 atom stereocenters. The first kappa shape index (κ1) is 34.6. The molecule has 0 radical (unpaired) electrons. The van der Waals surface area contributed by atoms with E-state index in [0.717, 1.165) is 27.6 Å². The average molecular weight is 788 g/mol. The van der Waals surface area contributed by atoms with Gasteiger partial charge in [-0.25, -0.2) is 0 Å². The Morgan fingerprint density at radius 1 is 0.290 bits per heavy atom. The summed E-state index contributed by atoms with van der Waals surface area (Å²) in [6.07, 6.45) is 0. The molecular weight excluding hydrogens is 751 g/mol. The van der Waals surface area contributed by atoms with Crippen molar-refractivity contribution in [1.29, 1.82) is 0 Å². The number of nitrogens with zero attached hydrogens (tertiary/aromatic N) is 1. The minimum atomic E-state index is 0.888. The highest BCUT2D eigenvalue weighted by Gasteiger charge is 2.21. The molecule has 0 aliphatic carbocycles. The molecule has 2 nitrogen and oxygen atoms in total. The molecule has 0 N–H and O–H groups in total. The van der Waals surface area contributed by atoms with Crippen LogP contribution in [0.2, 0.25) is 0 Å². The lowest BCUT2D eigenvalue weighted by atomic mass is 9.83. The maximum absolute atomic E-state index is 6.57. The van der Waals surface area contributed by atoms with Crippen LogP contribution < -0.4 is 0 Å². The predicted molar refractivity (Wildman–Crippen MR) is 262 cm³/mol. The fraction of sp³-hybridized carbons (Fsp3) is 0. The van der Waals surface area contributed by atoms with E-state index in [1.165, 1.54) is 98.6 Å². The van der Waals surface area contributed by atoms with Gasteiger partial charge in [-0.1, -0.05) is 176 Å². The molecule has 11 aromatic carbocycles. The normalized spacial score (nSPS) is 11.9. The van der Waals surface area contributed by atoms with Crippen LogP contribution in [-0.2, 0) is 0 Å². The molecule has 2 heteroatoms. The summed E-state index contributed by atoms with van der Waals surface area (Å²) in [7, 11) is 0. The van der Waals surface area contributed by atoms with Crippen LogP contribution in [0.1, 0.15) is 0 Å². The number of benzene rings is 11. The molecule has 2 heterocycles. The second-order valence-corrected chi connectivity index (χ2v) is 16.4. The van der Waals surface area contributed by atoms with Crippen molar-refractivity contribution >= 4 is 76.1 Å². The Hall–Kier alpha value is -8.20. The van der Waals surface area contributed by atoms with E-state index in [0.29, 0.717) is 0 Å². The van der Waals surface area contributed by atoms with Crippen molar-refractivity contribution in [3.8, 4) is 50.2 Å². The SMILES string of the molecule is c1ccc(-n2c3ccccc3c3ccc(-c4ccccc4-c4c5ccccc5c(-c5ccc6oc7cccc(-c8ccc9ccccc9c8)c7c6c5)c5ccccc45)cc32)cc1. The van der Waals surface area contributed by atoms with E-state index >= 15 is 0 Å². The van der Waals surface area contributed by atoms with Crippen LogP contribution in [0.3, 0.4) is 0 Å². The van der Waals surface area contributed by atoms with Crippen molar-refractivity contribution in [2.75, 3.05) is 0 Å². The van der Waals surface area contributed by atoms with Gasteiger partial charge in [-0.2, -0.15) is 0 Å². The second kappa shape index (κ2) is 13.7. The Kier molecular flexibility index (Phi) is 7.64. The van der Waals surface area contributed by atoms with Crippen LogP contribution in [0.4, 0.5) is 0 Å². The van der Waals surface area contributed by atoms with Gasteiger partial charge in [0.25, 0.3) is 0 Å². The Morgan fingerprint density at radius 3 is 1.66 bits per heavy atom. The van der Waals surface area contributed by atoms with Crippen molar-refractivity contribution in [3.05, 3.63) is 224 Å². The molecule has 0 unspecified atom stereocenters. The first-order valence-corrected chi connectivity index (χ1v) is 21.3. The molecule has 0 aliphatic rings. The fourth-order valence-electron chi connectivity index (χ4n) is 10.3. The van der Waals surface area contributed by atoms with E-state index in [-0.39, 0.29) is 0 Å². The third kappa shape index (κ3) is 5.23. The molecule has 0 saturated heterocycles. The molecule has 0 aliphatic heterocycles. The minimum Gasteiger partial charge on any atom is -0.456 e. The maximum Gasteiger partial charge on any atom is 0.136 e. The lowest BCUT2D eigenvalue weighted by Gasteiger charge is -2.20. The largest absolute Gasteiger partial charge is 0.456 e. The lowest BCUT2D eigenvalue weighted by Crippen LogP contribution is -1.94. The number of fused-ring (bicyclic) bond motifs is 9. The molecule has 288 valence electrons. The Labute approximate surface area is 358 Å². The van der Waals surface area contributed by atoms with Gasteiger partial charge in [0.15, 0.2) is 0 Å². The van der Waals surface area contributed by atoms with Crippen LogP contribution in [0, 0.1) is 0 Å². The minimum absolute atomic E-state index is 0.888. The van der Waals surface area contributed by atoms with Crippen LogP contribution in [0.5, 0.6) is 0 Å². The average Bonchev–Trinajstić information content (AvgIpc) is 3.88. The van der Waals surface area contributed by atoms with E-state index < -0.39 is 0 Å². The Bertz CT molecular complexity index is 3870. The highest BCUT2D eigenvalue weighted by molar-refractivity contribution is 6.24. The first-order valence-electron chi connectivity index (χ1n) is 21.3. The van der Waals surface area contributed by atoms with E-state index in [1.54, 1.807) is 0 Å². The van der Waals surface area contributed by atoms with Crippen LogP contribution in [-0.4, -0.2) is 4.57 Å². The highest BCUT2D eigenvalue weighted by atomic mass is 16.3. The summed E-state index contributed by atoms with van der Waals surface area (Å²) in [6, 6.07) is 81.8. The summed E-state index contributed by atoms with van der Waals surface area (Å²) in [5.41, 5.74) is 14.9. The first-order chi connectivity index (χ1) is 30.8. The van der Waals surface area contributed by atoms with Crippen LogP contribution in [0.25, 0.3) is 126 Å². The molecule has 0 fully saturated rings. The van der Waals surface area contributed by atoms with Gasteiger partial charge in [-0.05, 0) is 125 Å². The number of rotatable bonds is 5. The quantitative estimate of drug-likeness (QED) is 0.159. The van der Waals surface area contributed by atoms with Gasteiger partial charge < -0.3 is 8.98 Å². The Morgan fingerprint density at radius 2 is 0.871 bits per heavy atom. The number of furan rings is 1. The standard InChI is InChI=1S/C60H37NO/c1-2-17-43(18-3-1)61-54-27-13-12-20-46(54)47-33-31-41(37-55(47)61)44-19-6-7-21-48(44)59-51-24-10-8-22-49(51)58(50-23-9-11-25-52(50)59)42-32-34-56-53(36-42)60-45(26-14-28-57(60)62-56)40-30-29-38-15-4-5-16-39(38)35-40/h1-37H. The van der Waals surface area contributed by atoms with E-state index in [4.69, 9.17) is 4.42 Å². The molecule has 0 bridgehead atoms. The molecule has 0 saturated carbocycles. The number of aromatic nitrogens is 1. The van der Waals surface area contributed by atoms with Gasteiger partial charge in [-0.15, -0.1) is 0 Å². The Balaban J connectivity index is 1.03. The topological polar surface area (TPSA) is 18.1 Å². The third-order valence-corrected chi connectivity index (χ3v) is 13.0. The maximum atomic E-state index is 6.57. The van der Waals surface area contributed by atoms with Gasteiger partial charge in [0.05, 0.1) is 11.0 Å². The smallest absolute Gasteiger partial charge is 0.136 e. The lowest BCUT2D eigenvalue weighted by molar-refractivity contribution is 0.669. The molecular formula is C60H37NO. The van der Waals surface area contributed by atoms with Crippen molar-refractivity contribution in [2.24, 2.45) is 0 Å². The van der Waals surface area contributed by atoms with Gasteiger partial charge >= 0.3 is 0 Å². The van der Waals surface area contributed by atoms with Crippen LogP contribution in [0.15, 0.2) is 229 Å². The van der Waals surface area contributed by atoms with E-state index in [2.05, 4.69) is 229 Å². The molecule has 13 aromatic rings. The van der Waals surface area contributed by atoms with Crippen molar-refractivity contribution < 1.29 is 4.42 Å². The summed E-state index contributed by atoms with van der Waals surface area (Å²) in [6.45, 7) is 0. The van der Waals surface area contributed by atoms with Crippen molar-refractivity contribution in [2.45, 2.75) is 0 Å². The molecule has 2 aromatic heterocycles. The zero-order chi connectivity index (χ0) is 40.7. The molecule has 0 spiro atoms. The number of hydrogen-bond acceptors (Lipinski definition) is 1. The van der Waals surface area contributed by atoms with E-state index in [1.807, 2.05) is 0 Å². The molecule has 0 amide bonds. The van der Waals surface area contributed by atoms with Crippen LogP contribution >= 0.6 is 0 Å². The summed E-state index contributed by atoms with van der Waals surface area (Å²) in [5.74, 6) is 0. The number of hydrogen-bond donors (Lipinski definition) is 0. The van der Waals surface area contributed by atoms with Gasteiger partial charge in [0.1, 0.15) is 11.2 Å². The van der Waals surface area contributed by atoms with Crippen molar-refractivity contribution in [1.82, 2.24) is 4.57 Å². The predicted octanol–water partition coefficient (Wildman–Crippen LogP) is 16.8. The van der Waals surface area contributed by atoms with Gasteiger partial charge in [-0.3, -0.25) is 0 Å². The summed E-state index contributed by atoms with van der Waals surface area (Å²) in [4.78, 5) is 0. The second-order valence-electron chi connectivity index (χ2n) is 16.4. The highest BCUT2D eigenvalue weighted by Crippen LogP contribution is 2.48. The molecule has 62 heavy (non-hydrogen) atoms.